The van der Waals surface area contributed by atoms with E-state index in [1.165, 1.54) is 5.56 Å². The summed E-state index contributed by atoms with van der Waals surface area (Å²) >= 11 is 12.0. The summed E-state index contributed by atoms with van der Waals surface area (Å²) in [6.07, 6.45) is 2.29. The second-order valence-corrected chi connectivity index (χ2v) is 6.67. The number of hydrogen-bond donors (Lipinski definition) is 1. The first-order chi connectivity index (χ1) is 10.5. The average molecular weight is 334 g/mol. The molecule has 1 amide bonds. The summed E-state index contributed by atoms with van der Waals surface area (Å²) in [5, 5.41) is 4.03. The van der Waals surface area contributed by atoms with Gasteiger partial charge in [-0.15, -0.1) is 0 Å². The minimum atomic E-state index is -0.154. The van der Waals surface area contributed by atoms with Crippen molar-refractivity contribution in [2.75, 3.05) is 0 Å². The fraction of sp³-hybridized carbons (Fsp3) is 0.278. The highest BCUT2D eigenvalue weighted by atomic mass is 35.5. The first kappa shape index (κ1) is 15.4. The number of carbonyl (C=O) groups excluding carboxylic acids is 1. The van der Waals surface area contributed by atoms with Gasteiger partial charge in [0.05, 0.1) is 16.6 Å². The van der Waals surface area contributed by atoms with Crippen LogP contribution in [0.3, 0.4) is 0 Å². The van der Waals surface area contributed by atoms with Gasteiger partial charge in [0.1, 0.15) is 0 Å². The fourth-order valence-electron chi connectivity index (χ4n) is 2.57. The molecular weight excluding hydrogens is 317 g/mol. The zero-order valence-corrected chi connectivity index (χ0v) is 13.8. The van der Waals surface area contributed by atoms with Gasteiger partial charge < -0.3 is 5.32 Å². The standard InChI is InChI=1S/C18H17Cl2NO/c1-11-2-4-12(5-3-11)17(13-6-7-13)21-18(22)15-9-8-14(19)10-16(15)20/h2-5,8-10,13,17H,6-7H2,1H3,(H,21,22). The molecule has 1 N–H and O–H groups in total. The van der Waals surface area contributed by atoms with E-state index >= 15 is 0 Å². The lowest BCUT2D eigenvalue weighted by Gasteiger charge is -2.19. The van der Waals surface area contributed by atoms with Gasteiger partial charge >= 0.3 is 0 Å². The Morgan fingerprint density at radius 2 is 1.82 bits per heavy atom. The molecule has 2 aromatic carbocycles. The van der Waals surface area contributed by atoms with Crippen molar-refractivity contribution in [2.24, 2.45) is 5.92 Å². The van der Waals surface area contributed by atoms with E-state index in [1.54, 1.807) is 18.2 Å². The Morgan fingerprint density at radius 1 is 1.14 bits per heavy atom. The van der Waals surface area contributed by atoms with Gasteiger partial charge in [-0.3, -0.25) is 4.79 Å². The Hall–Kier alpha value is -1.51. The van der Waals surface area contributed by atoms with Crippen molar-refractivity contribution >= 4 is 29.1 Å². The van der Waals surface area contributed by atoms with Gasteiger partial charge in [-0.25, -0.2) is 0 Å². The molecule has 1 atom stereocenters. The third-order valence-corrected chi connectivity index (χ3v) is 4.54. The average Bonchev–Trinajstić information content (AvgIpc) is 3.30. The van der Waals surface area contributed by atoms with Crippen LogP contribution in [0.5, 0.6) is 0 Å². The second-order valence-electron chi connectivity index (χ2n) is 5.82. The van der Waals surface area contributed by atoms with Gasteiger partial charge in [0.25, 0.3) is 5.91 Å². The van der Waals surface area contributed by atoms with Crippen molar-refractivity contribution < 1.29 is 4.79 Å². The summed E-state index contributed by atoms with van der Waals surface area (Å²) in [6.45, 7) is 2.06. The summed E-state index contributed by atoms with van der Waals surface area (Å²) in [6, 6.07) is 13.3. The molecule has 1 unspecified atom stereocenters. The second kappa shape index (κ2) is 6.31. The number of carbonyl (C=O) groups is 1. The molecule has 2 nitrogen and oxygen atoms in total. The van der Waals surface area contributed by atoms with Crippen LogP contribution in [0, 0.1) is 12.8 Å². The molecular formula is C18H17Cl2NO. The van der Waals surface area contributed by atoms with Gasteiger partial charge in [-0.05, 0) is 49.4 Å². The van der Waals surface area contributed by atoms with Gasteiger partial charge in [0.2, 0.25) is 0 Å². The molecule has 0 bridgehead atoms. The van der Waals surface area contributed by atoms with Crippen LogP contribution >= 0.6 is 23.2 Å². The predicted molar refractivity (Wildman–Crippen MR) is 90.6 cm³/mol. The Balaban J connectivity index is 1.82. The lowest BCUT2D eigenvalue weighted by atomic mass is 10.0. The van der Waals surface area contributed by atoms with Crippen molar-refractivity contribution in [2.45, 2.75) is 25.8 Å². The number of aryl methyl sites for hydroxylation is 1. The lowest BCUT2D eigenvalue weighted by molar-refractivity contribution is 0.0932. The zero-order chi connectivity index (χ0) is 15.7. The topological polar surface area (TPSA) is 29.1 Å². The maximum absolute atomic E-state index is 12.5. The molecule has 1 aliphatic rings. The molecule has 3 rings (SSSR count). The molecule has 0 heterocycles. The molecule has 114 valence electrons. The molecule has 0 spiro atoms. The minimum Gasteiger partial charge on any atom is -0.345 e. The van der Waals surface area contributed by atoms with Gasteiger partial charge in [0.15, 0.2) is 0 Å². The number of benzene rings is 2. The van der Waals surface area contributed by atoms with Crippen LogP contribution in [0.25, 0.3) is 0 Å². The first-order valence-corrected chi connectivity index (χ1v) is 8.12. The van der Waals surface area contributed by atoms with Crippen molar-refractivity contribution in [3.8, 4) is 0 Å². The number of rotatable bonds is 4. The van der Waals surface area contributed by atoms with Gasteiger partial charge in [0, 0.05) is 5.02 Å². The van der Waals surface area contributed by atoms with E-state index in [2.05, 4.69) is 36.5 Å². The largest absolute Gasteiger partial charge is 0.345 e. The van der Waals surface area contributed by atoms with Crippen LogP contribution in [-0.4, -0.2) is 5.91 Å². The van der Waals surface area contributed by atoms with E-state index in [0.29, 0.717) is 21.5 Å². The molecule has 0 aliphatic heterocycles. The predicted octanol–water partition coefficient (Wildman–Crippen LogP) is 5.18. The van der Waals surface area contributed by atoms with Crippen LogP contribution in [-0.2, 0) is 0 Å². The normalized spacial score (nSPS) is 15.4. The molecule has 1 aliphatic carbocycles. The third kappa shape index (κ3) is 3.45. The van der Waals surface area contributed by atoms with Gasteiger partial charge in [-0.2, -0.15) is 0 Å². The Morgan fingerprint density at radius 3 is 2.41 bits per heavy atom. The number of hydrogen-bond acceptors (Lipinski definition) is 1. The Kier molecular flexibility index (Phi) is 4.42. The minimum absolute atomic E-state index is 0.0415. The van der Waals surface area contributed by atoms with E-state index in [9.17, 15) is 4.79 Å². The Bertz CT molecular complexity index is 693. The Labute approximate surface area is 140 Å². The van der Waals surface area contributed by atoms with Crippen LogP contribution < -0.4 is 5.32 Å². The molecule has 0 saturated heterocycles. The lowest BCUT2D eigenvalue weighted by Crippen LogP contribution is -2.30. The van der Waals surface area contributed by atoms with Crippen LogP contribution in [0.1, 0.15) is 40.4 Å². The highest BCUT2D eigenvalue weighted by Crippen LogP contribution is 2.41. The SMILES string of the molecule is Cc1ccc(C(NC(=O)c2ccc(Cl)cc2Cl)C2CC2)cc1. The maximum atomic E-state index is 12.5. The number of nitrogens with one attached hydrogen (secondary N) is 1. The molecule has 0 aromatic heterocycles. The molecule has 22 heavy (non-hydrogen) atoms. The van der Waals surface area contributed by atoms with Crippen LogP contribution in [0.4, 0.5) is 0 Å². The van der Waals surface area contributed by atoms with E-state index in [4.69, 9.17) is 23.2 Å². The number of amides is 1. The van der Waals surface area contributed by atoms with Crippen LogP contribution in [0.15, 0.2) is 42.5 Å². The third-order valence-electron chi connectivity index (χ3n) is 3.99. The summed E-state index contributed by atoms with van der Waals surface area (Å²) < 4.78 is 0. The molecule has 4 heteroatoms. The summed E-state index contributed by atoms with van der Waals surface area (Å²) in [4.78, 5) is 12.5. The van der Waals surface area contributed by atoms with E-state index in [1.807, 2.05) is 0 Å². The monoisotopic (exact) mass is 333 g/mol. The van der Waals surface area contributed by atoms with Crippen molar-refractivity contribution in [3.05, 3.63) is 69.2 Å². The highest BCUT2D eigenvalue weighted by Gasteiger charge is 2.33. The van der Waals surface area contributed by atoms with Crippen molar-refractivity contribution in [1.29, 1.82) is 0 Å². The highest BCUT2D eigenvalue weighted by molar-refractivity contribution is 6.36. The maximum Gasteiger partial charge on any atom is 0.253 e. The van der Waals surface area contributed by atoms with E-state index in [0.717, 1.165) is 18.4 Å². The quantitative estimate of drug-likeness (QED) is 0.820. The summed E-state index contributed by atoms with van der Waals surface area (Å²) in [7, 11) is 0. The smallest absolute Gasteiger partial charge is 0.253 e. The molecule has 1 saturated carbocycles. The molecule has 0 radical (unpaired) electrons. The fourth-order valence-corrected chi connectivity index (χ4v) is 3.06. The van der Waals surface area contributed by atoms with Crippen molar-refractivity contribution in [1.82, 2.24) is 5.32 Å². The molecule has 2 aromatic rings. The zero-order valence-electron chi connectivity index (χ0n) is 12.3. The first-order valence-electron chi connectivity index (χ1n) is 7.37. The summed E-state index contributed by atoms with van der Waals surface area (Å²) in [5.74, 6) is 0.358. The van der Waals surface area contributed by atoms with Crippen LogP contribution in [0.2, 0.25) is 10.0 Å². The van der Waals surface area contributed by atoms with Crippen molar-refractivity contribution in [3.63, 3.8) is 0 Å². The van der Waals surface area contributed by atoms with E-state index in [-0.39, 0.29) is 11.9 Å². The number of halogens is 2. The van der Waals surface area contributed by atoms with Gasteiger partial charge in [-0.1, -0.05) is 53.0 Å². The molecule has 1 fully saturated rings. The van der Waals surface area contributed by atoms with E-state index < -0.39 is 0 Å². The summed E-state index contributed by atoms with van der Waals surface area (Å²) in [5.41, 5.74) is 2.82.